The van der Waals surface area contributed by atoms with Gasteiger partial charge in [0.05, 0.1) is 0 Å². The maximum absolute atomic E-state index is 12.1. The summed E-state index contributed by atoms with van der Waals surface area (Å²) in [6.07, 6.45) is 1.37. The Hall–Kier alpha value is -0.960. The van der Waals surface area contributed by atoms with E-state index >= 15 is 0 Å². The van der Waals surface area contributed by atoms with Crippen molar-refractivity contribution >= 4 is 27.3 Å². The highest BCUT2D eigenvalue weighted by atomic mass is 32.2. The van der Waals surface area contributed by atoms with Gasteiger partial charge in [-0.05, 0) is 38.6 Å². The Morgan fingerprint density at radius 1 is 1.17 bits per heavy atom. The number of nitrogens with one attached hydrogen (secondary N) is 3. The van der Waals surface area contributed by atoms with E-state index in [4.69, 9.17) is 0 Å². The van der Waals surface area contributed by atoms with Crippen LogP contribution in [0.5, 0.6) is 0 Å². The summed E-state index contributed by atoms with van der Waals surface area (Å²) in [6, 6.07) is 3.42. The average molecular weight is 362 g/mol. The van der Waals surface area contributed by atoms with Crippen LogP contribution in [0.15, 0.2) is 16.3 Å². The van der Waals surface area contributed by atoms with Gasteiger partial charge in [0, 0.05) is 23.4 Å². The third kappa shape index (κ3) is 6.99. The largest absolute Gasteiger partial charge is 0.355 e. The van der Waals surface area contributed by atoms with E-state index in [1.165, 1.54) is 11.3 Å². The second-order valence-corrected chi connectivity index (χ2v) is 9.49. The first-order chi connectivity index (χ1) is 10.7. The van der Waals surface area contributed by atoms with Crippen LogP contribution in [-0.4, -0.2) is 41.0 Å². The smallest absolute Gasteiger partial charge is 0.250 e. The molecule has 0 saturated heterocycles. The molecule has 132 valence electrons. The fourth-order valence-corrected chi connectivity index (χ4v) is 4.22. The van der Waals surface area contributed by atoms with Crippen LogP contribution in [0.2, 0.25) is 0 Å². The van der Waals surface area contributed by atoms with E-state index in [2.05, 4.69) is 15.4 Å². The standard InChI is InChI=1S/C15H27N3O3S2/c1-15(2,3)14(19)17-11-8-12-6-7-13(22-12)23(20,21)18-10-5-9-16-4/h6-7,16,18H,5,8-11H2,1-4H3,(H,17,19). The Kier molecular flexibility index (Phi) is 7.66. The minimum Gasteiger partial charge on any atom is -0.355 e. The molecular weight excluding hydrogens is 334 g/mol. The zero-order valence-corrected chi connectivity index (χ0v) is 15.9. The zero-order chi connectivity index (χ0) is 17.5. The van der Waals surface area contributed by atoms with Crippen molar-refractivity contribution in [1.29, 1.82) is 0 Å². The van der Waals surface area contributed by atoms with Crippen molar-refractivity contribution in [3.63, 3.8) is 0 Å². The molecule has 1 heterocycles. The highest BCUT2D eigenvalue weighted by Crippen LogP contribution is 2.21. The molecule has 1 rings (SSSR count). The molecule has 1 aromatic heterocycles. The van der Waals surface area contributed by atoms with Gasteiger partial charge in [-0.25, -0.2) is 13.1 Å². The van der Waals surface area contributed by atoms with E-state index in [0.29, 0.717) is 23.7 Å². The van der Waals surface area contributed by atoms with Gasteiger partial charge < -0.3 is 10.6 Å². The van der Waals surface area contributed by atoms with E-state index < -0.39 is 15.4 Å². The first kappa shape index (κ1) is 20.1. The molecule has 0 atom stereocenters. The molecule has 0 spiro atoms. The maximum atomic E-state index is 12.1. The third-order valence-electron chi connectivity index (χ3n) is 3.14. The number of carbonyl (C=O) groups excluding carboxylic acids is 1. The Bertz CT molecular complexity index is 604. The summed E-state index contributed by atoms with van der Waals surface area (Å²) < 4.78 is 27.2. The van der Waals surface area contributed by atoms with Crippen LogP contribution < -0.4 is 15.4 Å². The minimum atomic E-state index is -3.43. The summed E-state index contributed by atoms with van der Waals surface area (Å²) in [4.78, 5) is 12.7. The predicted octanol–water partition coefficient (Wildman–Crippen LogP) is 1.34. The van der Waals surface area contributed by atoms with Crippen LogP contribution in [0.4, 0.5) is 0 Å². The zero-order valence-electron chi connectivity index (χ0n) is 14.2. The van der Waals surface area contributed by atoms with Gasteiger partial charge >= 0.3 is 0 Å². The summed E-state index contributed by atoms with van der Waals surface area (Å²) in [5.74, 6) is -0.00639. The number of hydrogen-bond acceptors (Lipinski definition) is 5. The molecule has 0 bridgehead atoms. The second-order valence-electron chi connectivity index (χ2n) is 6.33. The lowest BCUT2D eigenvalue weighted by Crippen LogP contribution is -2.35. The fraction of sp³-hybridized carbons (Fsp3) is 0.667. The molecule has 1 aromatic rings. The number of rotatable bonds is 9. The van der Waals surface area contributed by atoms with Gasteiger partial charge in [0.1, 0.15) is 4.21 Å². The lowest BCUT2D eigenvalue weighted by atomic mass is 9.96. The van der Waals surface area contributed by atoms with Gasteiger partial charge in [0.15, 0.2) is 0 Å². The highest BCUT2D eigenvalue weighted by molar-refractivity contribution is 7.91. The summed E-state index contributed by atoms with van der Waals surface area (Å²) in [5.41, 5.74) is -0.415. The normalized spacial score (nSPS) is 12.3. The van der Waals surface area contributed by atoms with Crippen LogP contribution in [0, 0.1) is 5.41 Å². The molecule has 0 saturated carbocycles. The highest BCUT2D eigenvalue weighted by Gasteiger charge is 2.20. The molecule has 0 aliphatic carbocycles. The molecule has 6 nitrogen and oxygen atoms in total. The van der Waals surface area contributed by atoms with Crippen molar-refractivity contribution in [2.24, 2.45) is 5.41 Å². The third-order valence-corrected chi connectivity index (χ3v) is 6.23. The van der Waals surface area contributed by atoms with Crippen molar-refractivity contribution in [1.82, 2.24) is 15.4 Å². The molecule has 8 heteroatoms. The van der Waals surface area contributed by atoms with Gasteiger partial charge in [0.25, 0.3) is 0 Å². The van der Waals surface area contributed by atoms with E-state index in [9.17, 15) is 13.2 Å². The second kappa shape index (κ2) is 8.77. The molecule has 0 radical (unpaired) electrons. The van der Waals surface area contributed by atoms with E-state index in [1.807, 2.05) is 27.8 Å². The summed E-state index contributed by atoms with van der Waals surface area (Å²) in [6.45, 7) is 7.27. The number of sulfonamides is 1. The van der Waals surface area contributed by atoms with Crippen LogP contribution >= 0.6 is 11.3 Å². The van der Waals surface area contributed by atoms with E-state index in [1.54, 1.807) is 12.1 Å². The van der Waals surface area contributed by atoms with Crippen LogP contribution in [0.25, 0.3) is 0 Å². The summed E-state index contributed by atoms with van der Waals surface area (Å²) >= 11 is 1.25. The van der Waals surface area contributed by atoms with E-state index in [0.717, 1.165) is 17.8 Å². The van der Waals surface area contributed by atoms with Gasteiger partial charge in [-0.15, -0.1) is 11.3 Å². The Morgan fingerprint density at radius 2 is 1.87 bits per heavy atom. The summed E-state index contributed by atoms with van der Waals surface area (Å²) in [7, 11) is -1.60. The Morgan fingerprint density at radius 3 is 2.48 bits per heavy atom. The molecule has 23 heavy (non-hydrogen) atoms. The lowest BCUT2D eigenvalue weighted by Gasteiger charge is -2.17. The molecule has 0 fully saturated rings. The molecule has 0 aliphatic rings. The minimum absolute atomic E-state index is 0.00639. The topological polar surface area (TPSA) is 87.3 Å². The Labute approximate surface area is 143 Å². The van der Waals surface area contributed by atoms with Crippen molar-refractivity contribution in [2.45, 2.75) is 37.8 Å². The van der Waals surface area contributed by atoms with Crippen LogP contribution in [0.3, 0.4) is 0 Å². The van der Waals surface area contributed by atoms with Gasteiger partial charge in [-0.2, -0.15) is 0 Å². The van der Waals surface area contributed by atoms with E-state index in [-0.39, 0.29) is 5.91 Å². The van der Waals surface area contributed by atoms with Gasteiger partial charge in [-0.3, -0.25) is 4.79 Å². The van der Waals surface area contributed by atoms with Crippen molar-refractivity contribution in [3.8, 4) is 0 Å². The van der Waals surface area contributed by atoms with Crippen molar-refractivity contribution in [2.75, 3.05) is 26.7 Å². The van der Waals surface area contributed by atoms with Crippen LogP contribution in [-0.2, 0) is 21.2 Å². The molecule has 0 unspecified atom stereocenters. The quantitative estimate of drug-likeness (QED) is 0.579. The predicted molar refractivity (Wildman–Crippen MR) is 94.2 cm³/mol. The molecule has 3 N–H and O–H groups in total. The molecular formula is C15H27N3O3S2. The lowest BCUT2D eigenvalue weighted by molar-refractivity contribution is -0.128. The molecule has 1 amide bonds. The fourth-order valence-electron chi connectivity index (χ4n) is 1.74. The summed E-state index contributed by atoms with van der Waals surface area (Å²) in [5, 5.41) is 5.84. The number of amides is 1. The van der Waals surface area contributed by atoms with Gasteiger partial charge in [-0.1, -0.05) is 20.8 Å². The Balaban J connectivity index is 2.49. The monoisotopic (exact) mass is 361 g/mol. The van der Waals surface area contributed by atoms with Crippen LogP contribution in [0.1, 0.15) is 32.1 Å². The number of hydrogen-bond donors (Lipinski definition) is 3. The average Bonchev–Trinajstić information content (AvgIpc) is 2.92. The molecule has 0 aromatic carbocycles. The molecule has 0 aliphatic heterocycles. The SMILES string of the molecule is CNCCCNS(=O)(=O)c1ccc(CCNC(=O)C(C)(C)C)s1. The number of carbonyl (C=O) groups is 1. The van der Waals surface area contributed by atoms with Crippen molar-refractivity contribution in [3.05, 3.63) is 17.0 Å². The van der Waals surface area contributed by atoms with Crippen molar-refractivity contribution < 1.29 is 13.2 Å². The van der Waals surface area contributed by atoms with Gasteiger partial charge in [0.2, 0.25) is 15.9 Å². The maximum Gasteiger partial charge on any atom is 0.250 e. The first-order valence-electron chi connectivity index (χ1n) is 7.68. The number of thiophene rings is 1. The first-order valence-corrected chi connectivity index (χ1v) is 9.98.